The molecular weight excluding hydrogens is 454 g/mol. The number of fused-ring (bicyclic) bond motifs is 1. The molecule has 0 spiro atoms. The first-order chi connectivity index (χ1) is 15.1. The summed E-state index contributed by atoms with van der Waals surface area (Å²) in [5.74, 6) is 1.09. The van der Waals surface area contributed by atoms with Crippen LogP contribution in [-0.4, -0.2) is 106 Å². The number of aromatic nitrogens is 1. The Hall–Kier alpha value is -2.15. The van der Waals surface area contributed by atoms with Crippen molar-refractivity contribution in [1.29, 1.82) is 0 Å². The lowest BCUT2D eigenvalue weighted by Gasteiger charge is -2.34. The Kier molecular flexibility index (Phi) is 6.48. The molecule has 2 saturated heterocycles. The number of rotatable bonds is 6. The molecule has 2 aromatic heterocycles. The molecule has 0 atom stereocenters. The number of hydrogen-bond donors (Lipinski definition) is 1. The Morgan fingerprint density at radius 1 is 1.00 bits per heavy atom. The average Bonchev–Trinajstić information content (AvgIpc) is 3.17. The van der Waals surface area contributed by atoms with Crippen LogP contribution in [0.1, 0.15) is 10.4 Å². The number of sulfone groups is 1. The number of piperazine rings is 1. The predicted octanol–water partition coefficient (Wildman–Crippen LogP) is -0.519. The molecule has 0 bridgehead atoms. The molecule has 0 aromatic carbocycles. The number of pyridine rings is 1. The molecule has 0 saturated carbocycles. The van der Waals surface area contributed by atoms with Gasteiger partial charge in [-0.15, -0.1) is 0 Å². The summed E-state index contributed by atoms with van der Waals surface area (Å²) in [6.07, 6.45) is 3.03. The molecule has 2 aliphatic rings. The second-order valence-corrected chi connectivity index (χ2v) is 12.6. The molecule has 12 heteroatoms. The summed E-state index contributed by atoms with van der Waals surface area (Å²) in [5, 5.41) is 2.91. The molecule has 0 aliphatic carbocycles. The zero-order valence-corrected chi connectivity index (χ0v) is 19.7. The van der Waals surface area contributed by atoms with Crippen LogP contribution in [0.4, 0.5) is 5.82 Å². The van der Waals surface area contributed by atoms with Gasteiger partial charge in [-0.25, -0.2) is 16.8 Å². The van der Waals surface area contributed by atoms with Crippen molar-refractivity contribution in [2.45, 2.75) is 0 Å². The number of hydrogen-bond acceptors (Lipinski definition) is 7. The summed E-state index contributed by atoms with van der Waals surface area (Å²) >= 11 is 0. The van der Waals surface area contributed by atoms with Gasteiger partial charge in [-0.1, -0.05) is 0 Å². The Labute approximate surface area is 188 Å². The van der Waals surface area contributed by atoms with Crippen molar-refractivity contribution in [1.82, 2.24) is 18.9 Å². The predicted molar refractivity (Wildman–Crippen MR) is 123 cm³/mol. The van der Waals surface area contributed by atoms with E-state index in [1.54, 1.807) is 12.3 Å². The van der Waals surface area contributed by atoms with Crippen LogP contribution in [0.3, 0.4) is 0 Å². The molecule has 2 aliphatic heterocycles. The third-order valence-corrected chi connectivity index (χ3v) is 8.99. The first-order valence-corrected chi connectivity index (χ1v) is 14.3. The monoisotopic (exact) mass is 483 g/mol. The fraction of sp³-hybridized carbons (Fsp3) is 0.550. The van der Waals surface area contributed by atoms with Crippen molar-refractivity contribution < 1.29 is 21.6 Å². The zero-order chi connectivity index (χ0) is 22.9. The summed E-state index contributed by atoms with van der Waals surface area (Å²) in [5.41, 5.74) is 1.49. The minimum atomic E-state index is -3.19. The van der Waals surface area contributed by atoms with Crippen molar-refractivity contribution >= 4 is 37.1 Å². The van der Waals surface area contributed by atoms with E-state index in [-0.39, 0.29) is 17.4 Å². The quantitative estimate of drug-likeness (QED) is 0.589. The van der Waals surface area contributed by atoms with Gasteiger partial charge >= 0.3 is 0 Å². The molecule has 0 radical (unpaired) electrons. The van der Waals surface area contributed by atoms with E-state index in [0.717, 1.165) is 11.3 Å². The van der Waals surface area contributed by atoms with Gasteiger partial charge in [0.2, 0.25) is 10.0 Å². The lowest BCUT2D eigenvalue weighted by atomic mass is 10.2. The van der Waals surface area contributed by atoms with Gasteiger partial charge in [0, 0.05) is 64.1 Å². The summed E-state index contributed by atoms with van der Waals surface area (Å²) < 4.78 is 50.0. The number of nitrogens with one attached hydrogen (secondary N) is 1. The number of nitrogens with zero attached hydrogens (tertiary/aromatic N) is 4. The number of carbonyl (C=O) groups excluding carboxylic acids is 1. The van der Waals surface area contributed by atoms with Gasteiger partial charge in [0.05, 0.1) is 23.3 Å². The first kappa shape index (κ1) is 23.0. The van der Waals surface area contributed by atoms with Gasteiger partial charge in [0.25, 0.3) is 5.91 Å². The Morgan fingerprint density at radius 3 is 2.31 bits per heavy atom. The highest BCUT2D eigenvalue weighted by molar-refractivity contribution is 7.91. The number of anilines is 1. The molecule has 1 N–H and O–H groups in total. The summed E-state index contributed by atoms with van der Waals surface area (Å²) in [6, 6.07) is 7.63. The Bertz CT molecular complexity index is 1190. The summed E-state index contributed by atoms with van der Waals surface area (Å²) in [4.78, 5) is 16.8. The highest BCUT2D eigenvalue weighted by Gasteiger charge is 2.25. The maximum absolute atomic E-state index is 12.7. The normalized spacial score (nSPS) is 20.5. The molecule has 2 aromatic rings. The van der Waals surface area contributed by atoms with E-state index in [1.807, 2.05) is 27.5 Å². The van der Waals surface area contributed by atoms with Gasteiger partial charge in [-0.05, 0) is 24.3 Å². The highest BCUT2D eigenvalue weighted by atomic mass is 32.2. The third-order valence-electron chi connectivity index (χ3n) is 6.07. The van der Waals surface area contributed by atoms with Crippen molar-refractivity contribution in [2.24, 2.45) is 0 Å². The fourth-order valence-electron chi connectivity index (χ4n) is 4.13. The maximum Gasteiger partial charge on any atom is 0.252 e. The van der Waals surface area contributed by atoms with Crippen LogP contribution in [0.25, 0.3) is 5.52 Å². The van der Waals surface area contributed by atoms with Crippen LogP contribution in [0.5, 0.6) is 0 Å². The smallest absolute Gasteiger partial charge is 0.252 e. The number of amides is 1. The largest absolute Gasteiger partial charge is 0.355 e. The van der Waals surface area contributed by atoms with Gasteiger partial charge in [-0.3, -0.25) is 9.69 Å². The molecule has 32 heavy (non-hydrogen) atoms. The van der Waals surface area contributed by atoms with Crippen LogP contribution >= 0.6 is 0 Å². The lowest BCUT2D eigenvalue weighted by molar-refractivity contribution is 0.0948. The van der Waals surface area contributed by atoms with Crippen molar-refractivity contribution in [2.75, 3.05) is 75.0 Å². The van der Waals surface area contributed by atoms with Crippen molar-refractivity contribution in [3.63, 3.8) is 0 Å². The Balaban J connectivity index is 1.37. The Morgan fingerprint density at radius 2 is 1.66 bits per heavy atom. The van der Waals surface area contributed by atoms with Crippen molar-refractivity contribution in [3.8, 4) is 0 Å². The van der Waals surface area contributed by atoms with Gasteiger partial charge in [0.1, 0.15) is 5.82 Å². The van der Waals surface area contributed by atoms with Crippen LogP contribution in [0.2, 0.25) is 0 Å². The highest BCUT2D eigenvalue weighted by Crippen LogP contribution is 2.22. The van der Waals surface area contributed by atoms with E-state index in [0.29, 0.717) is 57.9 Å². The molecular formula is C20H29N5O5S2. The molecule has 176 valence electrons. The van der Waals surface area contributed by atoms with Crippen LogP contribution in [0.15, 0.2) is 30.5 Å². The topological polar surface area (TPSA) is 112 Å². The number of sulfonamides is 1. The summed E-state index contributed by atoms with van der Waals surface area (Å²) in [7, 11) is -6.10. The number of carbonyl (C=O) groups is 1. The maximum atomic E-state index is 12.7. The van der Waals surface area contributed by atoms with Gasteiger partial charge in [0.15, 0.2) is 9.84 Å². The third kappa shape index (κ3) is 5.25. The molecule has 0 unspecified atom stereocenters. The fourth-order valence-corrected chi connectivity index (χ4v) is 6.23. The average molecular weight is 484 g/mol. The minimum Gasteiger partial charge on any atom is -0.355 e. The van der Waals surface area contributed by atoms with Crippen LogP contribution in [-0.2, 0) is 19.9 Å². The SMILES string of the molecule is CS(=O)(=O)N1CCN(c2ccc3ccc(C(=O)NCCN4CCS(=O)(=O)CC4)cn23)CC1. The lowest BCUT2D eigenvalue weighted by Crippen LogP contribution is -2.48. The molecule has 4 rings (SSSR count). The van der Waals surface area contributed by atoms with Gasteiger partial charge in [-0.2, -0.15) is 4.31 Å². The molecule has 2 fully saturated rings. The summed E-state index contributed by atoms with van der Waals surface area (Å²) in [6.45, 7) is 4.11. The van der Waals surface area contributed by atoms with Crippen LogP contribution < -0.4 is 10.2 Å². The van der Waals surface area contributed by atoms with E-state index in [1.165, 1.54) is 10.6 Å². The van der Waals surface area contributed by atoms with E-state index < -0.39 is 19.9 Å². The first-order valence-electron chi connectivity index (χ1n) is 10.6. The molecule has 10 nitrogen and oxygen atoms in total. The van der Waals surface area contributed by atoms with E-state index in [2.05, 4.69) is 10.2 Å². The molecule has 1 amide bonds. The van der Waals surface area contributed by atoms with E-state index in [9.17, 15) is 21.6 Å². The van der Waals surface area contributed by atoms with E-state index >= 15 is 0 Å². The zero-order valence-electron chi connectivity index (χ0n) is 18.1. The van der Waals surface area contributed by atoms with E-state index in [4.69, 9.17) is 0 Å². The standard InChI is InChI=1S/C20H29N5O5S2/c1-31(27,28)24-10-8-23(9-11-24)19-5-4-18-3-2-17(16-25(18)19)20(26)21-6-7-22-12-14-32(29,30)15-13-22/h2-5,16H,6-15H2,1H3,(H,21,26). The minimum absolute atomic E-state index is 0.173. The van der Waals surface area contributed by atoms with Crippen molar-refractivity contribution in [3.05, 3.63) is 36.0 Å². The second-order valence-electron chi connectivity index (χ2n) is 8.30. The van der Waals surface area contributed by atoms with Crippen LogP contribution in [0, 0.1) is 0 Å². The second kappa shape index (κ2) is 9.00. The molecule has 4 heterocycles. The van der Waals surface area contributed by atoms with Gasteiger partial charge < -0.3 is 14.6 Å².